The van der Waals surface area contributed by atoms with E-state index in [2.05, 4.69) is 0 Å². The lowest BCUT2D eigenvalue weighted by Gasteiger charge is -2.22. The summed E-state index contributed by atoms with van der Waals surface area (Å²) in [6.45, 7) is 1.75. The first-order valence-corrected chi connectivity index (χ1v) is 7.75. The Labute approximate surface area is 123 Å². The minimum Gasteiger partial charge on any atom is -0.397 e. The monoisotopic (exact) mass is 310 g/mol. The van der Waals surface area contributed by atoms with E-state index >= 15 is 0 Å². The Morgan fingerprint density at radius 2 is 1.80 bits per heavy atom. The van der Waals surface area contributed by atoms with Gasteiger partial charge in [-0.25, -0.2) is 8.42 Å². The Morgan fingerprint density at radius 1 is 1.15 bits per heavy atom. The Bertz CT molecular complexity index is 745. The second-order valence-electron chi connectivity index (χ2n) is 4.44. The van der Waals surface area contributed by atoms with Gasteiger partial charge in [0.1, 0.15) is 0 Å². The van der Waals surface area contributed by atoms with Gasteiger partial charge in [-0.1, -0.05) is 29.8 Å². The van der Waals surface area contributed by atoms with Crippen molar-refractivity contribution in [3.63, 3.8) is 0 Å². The second-order valence-corrected chi connectivity index (χ2v) is 6.82. The third kappa shape index (κ3) is 2.59. The third-order valence-electron chi connectivity index (χ3n) is 3.06. The van der Waals surface area contributed by atoms with E-state index in [-0.39, 0.29) is 4.90 Å². The number of hydrogen-bond acceptors (Lipinski definition) is 3. The lowest BCUT2D eigenvalue weighted by Crippen LogP contribution is -2.27. The average molecular weight is 311 g/mol. The van der Waals surface area contributed by atoms with Gasteiger partial charge in [-0.3, -0.25) is 4.31 Å². The highest BCUT2D eigenvalue weighted by Gasteiger charge is 2.24. The third-order valence-corrected chi connectivity index (χ3v) is 5.23. The quantitative estimate of drug-likeness (QED) is 0.886. The first kappa shape index (κ1) is 14.7. The Hall–Kier alpha value is -1.72. The summed E-state index contributed by atoms with van der Waals surface area (Å²) in [7, 11) is -2.21. The first-order chi connectivity index (χ1) is 9.34. The number of nitrogens with two attached hydrogens (primary N) is 1. The van der Waals surface area contributed by atoms with Crippen LogP contribution in [0, 0.1) is 6.92 Å². The molecule has 0 bridgehead atoms. The van der Waals surface area contributed by atoms with Crippen LogP contribution < -0.4 is 10.0 Å². The van der Waals surface area contributed by atoms with Crippen molar-refractivity contribution in [2.24, 2.45) is 0 Å². The summed E-state index contributed by atoms with van der Waals surface area (Å²) in [5.41, 5.74) is 7.24. The fourth-order valence-corrected chi connectivity index (χ4v) is 3.52. The van der Waals surface area contributed by atoms with Crippen molar-refractivity contribution >= 4 is 33.0 Å². The van der Waals surface area contributed by atoms with Crippen molar-refractivity contribution in [3.8, 4) is 0 Å². The largest absolute Gasteiger partial charge is 0.397 e. The molecule has 6 heteroatoms. The second kappa shape index (κ2) is 5.34. The van der Waals surface area contributed by atoms with Crippen LogP contribution in [0.1, 0.15) is 5.56 Å². The van der Waals surface area contributed by atoms with E-state index in [1.165, 1.54) is 13.1 Å². The smallest absolute Gasteiger partial charge is 0.264 e. The van der Waals surface area contributed by atoms with E-state index in [4.69, 9.17) is 17.3 Å². The zero-order valence-electron chi connectivity index (χ0n) is 11.2. The molecule has 0 fully saturated rings. The molecule has 2 aromatic carbocycles. The molecule has 0 saturated heterocycles. The standard InChI is InChI=1S/C14H15ClN2O2S/c1-10-5-3-4-6-14(10)20(18,19)17(2)13-9-11(15)7-8-12(13)16/h3-9H,16H2,1-2H3. The highest BCUT2D eigenvalue weighted by atomic mass is 35.5. The lowest BCUT2D eigenvalue weighted by molar-refractivity contribution is 0.594. The van der Waals surface area contributed by atoms with E-state index in [1.807, 2.05) is 0 Å². The van der Waals surface area contributed by atoms with E-state index in [0.29, 0.717) is 22.0 Å². The molecule has 0 spiro atoms. The number of halogens is 1. The fraction of sp³-hybridized carbons (Fsp3) is 0.143. The van der Waals surface area contributed by atoms with Crippen molar-refractivity contribution in [1.82, 2.24) is 0 Å². The Balaban J connectivity index is 2.55. The molecule has 0 amide bonds. The number of rotatable bonds is 3. The predicted octanol–water partition coefficient (Wildman–Crippen LogP) is 3.06. The molecule has 0 aliphatic heterocycles. The SMILES string of the molecule is Cc1ccccc1S(=O)(=O)N(C)c1cc(Cl)ccc1N. The van der Waals surface area contributed by atoms with E-state index in [9.17, 15) is 8.42 Å². The molecule has 0 aliphatic rings. The molecule has 2 N–H and O–H groups in total. The maximum absolute atomic E-state index is 12.6. The number of sulfonamides is 1. The number of aryl methyl sites for hydroxylation is 1. The van der Waals surface area contributed by atoms with Crippen LogP contribution in [0.25, 0.3) is 0 Å². The molecule has 0 atom stereocenters. The summed E-state index contributed by atoms with van der Waals surface area (Å²) >= 11 is 5.91. The van der Waals surface area contributed by atoms with Gasteiger partial charge >= 0.3 is 0 Å². The molecule has 0 aliphatic carbocycles. The molecule has 0 radical (unpaired) electrons. The van der Waals surface area contributed by atoms with Gasteiger partial charge in [-0.2, -0.15) is 0 Å². The molecule has 0 unspecified atom stereocenters. The van der Waals surface area contributed by atoms with E-state index in [1.54, 1.807) is 43.3 Å². The van der Waals surface area contributed by atoms with Gasteiger partial charge in [0.05, 0.1) is 16.3 Å². The zero-order valence-corrected chi connectivity index (χ0v) is 12.7. The molecular formula is C14H15ClN2O2S. The number of anilines is 2. The van der Waals surface area contributed by atoms with Gasteiger partial charge < -0.3 is 5.73 Å². The summed E-state index contributed by atoms with van der Waals surface area (Å²) in [4.78, 5) is 0.252. The Kier molecular flexibility index (Phi) is 3.92. The first-order valence-electron chi connectivity index (χ1n) is 5.93. The van der Waals surface area contributed by atoms with Crippen molar-refractivity contribution in [3.05, 3.63) is 53.1 Å². The maximum atomic E-state index is 12.6. The van der Waals surface area contributed by atoms with E-state index < -0.39 is 10.0 Å². The van der Waals surface area contributed by atoms with Crippen LogP contribution in [-0.2, 0) is 10.0 Å². The van der Waals surface area contributed by atoms with Crippen molar-refractivity contribution in [1.29, 1.82) is 0 Å². The van der Waals surface area contributed by atoms with Crippen LogP contribution in [0.2, 0.25) is 5.02 Å². The predicted molar refractivity (Wildman–Crippen MR) is 82.6 cm³/mol. The molecule has 2 aromatic rings. The van der Waals surface area contributed by atoms with Crippen LogP contribution in [0.15, 0.2) is 47.4 Å². The summed E-state index contributed by atoms with van der Waals surface area (Å²) < 4.78 is 26.4. The van der Waals surface area contributed by atoms with Crippen LogP contribution >= 0.6 is 11.6 Å². The van der Waals surface area contributed by atoms with Crippen LogP contribution in [-0.4, -0.2) is 15.5 Å². The summed E-state index contributed by atoms with van der Waals surface area (Å²) in [6, 6.07) is 11.5. The average Bonchev–Trinajstić information content (AvgIpc) is 2.41. The minimum absolute atomic E-state index is 0.252. The fourth-order valence-electron chi connectivity index (χ4n) is 1.91. The zero-order chi connectivity index (χ0) is 14.9. The van der Waals surface area contributed by atoms with Gasteiger partial charge in [0.2, 0.25) is 0 Å². The van der Waals surface area contributed by atoms with Crippen molar-refractivity contribution in [2.45, 2.75) is 11.8 Å². The van der Waals surface area contributed by atoms with Gasteiger partial charge in [0.25, 0.3) is 10.0 Å². The molecular weight excluding hydrogens is 296 g/mol. The highest BCUT2D eigenvalue weighted by molar-refractivity contribution is 7.92. The normalized spacial score (nSPS) is 11.3. The molecule has 2 rings (SSSR count). The number of hydrogen-bond donors (Lipinski definition) is 1. The Morgan fingerprint density at radius 3 is 2.45 bits per heavy atom. The van der Waals surface area contributed by atoms with Crippen LogP contribution in [0.5, 0.6) is 0 Å². The summed E-state index contributed by atoms with van der Waals surface area (Å²) in [5.74, 6) is 0. The van der Waals surface area contributed by atoms with Gasteiger partial charge in [0, 0.05) is 12.1 Å². The molecule has 0 aromatic heterocycles. The molecule has 0 saturated carbocycles. The molecule has 106 valence electrons. The maximum Gasteiger partial charge on any atom is 0.264 e. The minimum atomic E-state index is -3.67. The topological polar surface area (TPSA) is 63.4 Å². The van der Waals surface area contributed by atoms with Crippen molar-refractivity contribution in [2.75, 3.05) is 17.1 Å². The van der Waals surface area contributed by atoms with Gasteiger partial charge in [-0.15, -0.1) is 0 Å². The van der Waals surface area contributed by atoms with Gasteiger partial charge in [-0.05, 0) is 36.8 Å². The van der Waals surface area contributed by atoms with E-state index in [0.717, 1.165) is 4.31 Å². The summed E-state index contributed by atoms with van der Waals surface area (Å²) in [6.07, 6.45) is 0. The number of benzene rings is 2. The number of nitrogens with zero attached hydrogens (tertiary/aromatic N) is 1. The number of nitrogen functional groups attached to an aromatic ring is 1. The molecule has 0 heterocycles. The van der Waals surface area contributed by atoms with Gasteiger partial charge in [0.15, 0.2) is 0 Å². The lowest BCUT2D eigenvalue weighted by atomic mass is 10.2. The summed E-state index contributed by atoms with van der Waals surface area (Å²) in [5, 5.41) is 0.432. The molecule has 4 nitrogen and oxygen atoms in total. The highest BCUT2D eigenvalue weighted by Crippen LogP contribution is 2.30. The van der Waals surface area contributed by atoms with Crippen molar-refractivity contribution < 1.29 is 8.42 Å². The van der Waals surface area contributed by atoms with Crippen LogP contribution in [0.4, 0.5) is 11.4 Å². The van der Waals surface area contributed by atoms with Crippen LogP contribution in [0.3, 0.4) is 0 Å². The molecule has 20 heavy (non-hydrogen) atoms.